The van der Waals surface area contributed by atoms with Crippen molar-refractivity contribution in [2.45, 2.75) is 33.1 Å². The van der Waals surface area contributed by atoms with Crippen LogP contribution >= 0.6 is 11.6 Å². The maximum atomic E-state index is 12.8. The fourth-order valence-electron chi connectivity index (χ4n) is 2.28. The Kier molecular flexibility index (Phi) is 4.90. The number of anilines is 1. The predicted octanol–water partition coefficient (Wildman–Crippen LogP) is 4.83. The molecule has 0 heterocycles. The molecule has 0 aliphatic rings. The van der Waals surface area contributed by atoms with Crippen molar-refractivity contribution in [1.82, 2.24) is 0 Å². The van der Waals surface area contributed by atoms with Gasteiger partial charge in [0, 0.05) is 23.1 Å². The van der Waals surface area contributed by atoms with Gasteiger partial charge in [-0.05, 0) is 29.2 Å². The summed E-state index contributed by atoms with van der Waals surface area (Å²) in [6.45, 7) is 7.77. The van der Waals surface area contributed by atoms with Gasteiger partial charge in [-0.25, -0.2) is 0 Å². The molecule has 0 spiro atoms. The number of carbonyl (C=O) groups is 2. The molecule has 1 N–H and O–H groups in total. The lowest BCUT2D eigenvalue weighted by Crippen LogP contribution is -2.13. The van der Waals surface area contributed by atoms with Crippen molar-refractivity contribution >= 4 is 29.0 Å². The summed E-state index contributed by atoms with van der Waals surface area (Å²) < 4.78 is 0. The topological polar surface area (TPSA) is 46.2 Å². The normalized spacial score (nSPS) is 11.2. The molecule has 0 bridgehead atoms. The van der Waals surface area contributed by atoms with E-state index in [1.165, 1.54) is 6.92 Å². The average Bonchev–Trinajstić information content (AvgIpc) is 2.47. The molecule has 120 valence electrons. The van der Waals surface area contributed by atoms with E-state index in [1.807, 2.05) is 12.1 Å². The van der Waals surface area contributed by atoms with Crippen LogP contribution < -0.4 is 5.32 Å². The number of rotatable bonds is 3. The third-order valence-corrected chi connectivity index (χ3v) is 3.79. The van der Waals surface area contributed by atoms with Crippen LogP contribution in [0.3, 0.4) is 0 Å². The fraction of sp³-hybridized carbons (Fsp3) is 0.263. The molecule has 4 heteroatoms. The Bertz CT molecular complexity index is 743. The van der Waals surface area contributed by atoms with Crippen molar-refractivity contribution in [3.8, 4) is 0 Å². The lowest BCUT2D eigenvalue weighted by atomic mass is 9.86. The largest absolute Gasteiger partial charge is 0.326 e. The van der Waals surface area contributed by atoms with Crippen LogP contribution in [0.4, 0.5) is 5.69 Å². The van der Waals surface area contributed by atoms with Crippen LogP contribution in [0.1, 0.15) is 49.2 Å². The van der Waals surface area contributed by atoms with Gasteiger partial charge < -0.3 is 5.32 Å². The molecule has 2 aromatic rings. The Hall–Kier alpha value is -2.13. The maximum absolute atomic E-state index is 12.8. The number of hydrogen-bond donors (Lipinski definition) is 1. The summed E-state index contributed by atoms with van der Waals surface area (Å²) >= 11 is 6.01. The molecule has 0 saturated carbocycles. The number of carbonyl (C=O) groups excluding carboxylic acids is 2. The fourth-order valence-corrected chi connectivity index (χ4v) is 2.45. The van der Waals surface area contributed by atoms with Crippen LogP contribution in [0.25, 0.3) is 0 Å². The first kappa shape index (κ1) is 17.2. The van der Waals surface area contributed by atoms with E-state index in [1.54, 1.807) is 30.3 Å². The van der Waals surface area contributed by atoms with E-state index in [-0.39, 0.29) is 17.1 Å². The second kappa shape index (κ2) is 6.55. The van der Waals surface area contributed by atoms with Gasteiger partial charge in [0.25, 0.3) is 0 Å². The Labute approximate surface area is 141 Å². The molecule has 23 heavy (non-hydrogen) atoms. The van der Waals surface area contributed by atoms with E-state index in [9.17, 15) is 9.59 Å². The second-order valence-electron chi connectivity index (χ2n) is 6.53. The Morgan fingerprint density at radius 1 is 1.00 bits per heavy atom. The minimum atomic E-state index is -0.232. The van der Waals surface area contributed by atoms with Crippen LogP contribution in [0.5, 0.6) is 0 Å². The minimum Gasteiger partial charge on any atom is -0.326 e. The van der Waals surface area contributed by atoms with Crippen molar-refractivity contribution in [3.05, 3.63) is 64.2 Å². The molecule has 1 amide bonds. The first-order chi connectivity index (χ1) is 10.7. The van der Waals surface area contributed by atoms with Crippen molar-refractivity contribution < 1.29 is 9.59 Å². The Morgan fingerprint density at radius 3 is 2.13 bits per heavy atom. The maximum Gasteiger partial charge on any atom is 0.221 e. The summed E-state index contributed by atoms with van der Waals surface area (Å²) in [5, 5.41) is 3.12. The highest BCUT2D eigenvalue weighted by Crippen LogP contribution is 2.26. The van der Waals surface area contributed by atoms with Crippen molar-refractivity contribution in [2.24, 2.45) is 0 Å². The molecular weight excluding hydrogens is 310 g/mol. The standard InChI is InChI=1S/C19H20ClNO2/c1-12(22)21-17-10-9-15(20)11-16(17)18(23)13-5-7-14(8-6-13)19(2,3)4/h5-11H,1-4H3,(H,21,22). The van der Waals surface area contributed by atoms with Gasteiger partial charge >= 0.3 is 0 Å². The molecule has 0 aliphatic carbocycles. The molecule has 0 saturated heterocycles. The van der Waals surface area contributed by atoms with Crippen molar-refractivity contribution in [2.75, 3.05) is 5.32 Å². The monoisotopic (exact) mass is 329 g/mol. The van der Waals surface area contributed by atoms with Crippen LogP contribution in [0.2, 0.25) is 5.02 Å². The summed E-state index contributed by atoms with van der Waals surface area (Å²) in [7, 11) is 0. The van der Waals surface area contributed by atoms with Gasteiger partial charge in [0.15, 0.2) is 5.78 Å². The van der Waals surface area contributed by atoms with Crippen LogP contribution in [-0.4, -0.2) is 11.7 Å². The summed E-state index contributed by atoms with van der Waals surface area (Å²) in [6, 6.07) is 12.4. The van der Waals surface area contributed by atoms with Crippen molar-refractivity contribution in [1.29, 1.82) is 0 Å². The molecule has 0 radical (unpaired) electrons. The average molecular weight is 330 g/mol. The van der Waals surface area contributed by atoms with Gasteiger partial charge in [-0.15, -0.1) is 0 Å². The number of hydrogen-bond acceptors (Lipinski definition) is 2. The first-order valence-electron chi connectivity index (χ1n) is 7.41. The van der Waals surface area contributed by atoms with E-state index in [0.29, 0.717) is 21.8 Å². The van der Waals surface area contributed by atoms with E-state index >= 15 is 0 Å². The third kappa shape index (κ3) is 4.20. The van der Waals surface area contributed by atoms with E-state index < -0.39 is 0 Å². The molecule has 0 aliphatic heterocycles. The quantitative estimate of drug-likeness (QED) is 0.820. The summed E-state index contributed by atoms with van der Waals surface area (Å²) in [5.41, 5.74) is 2.59. The lowest BCUT2D eigenvalue weighted by Gasteiger charge is -2.19. The van der Waals surface area contributed by atoms with Crippen LogP contribution in [0, 0.1) is 0 Å². The Morgan fingerprint density at radius 2 is 1.61 bits per heavy atom. The number of benzene rings is 2. The van der Waals surface area contributed by atoms with Crippen molar-refractivity contribution in [3.63, 3.8) is 0 Å². The predicted molar refractivity (Wildman–Crippen MR) is 94.3 cm³/mol. The van der Waals surface area contributed by atoms with E-state index in [2.05, 4.69) is 26.1 Å². The number of ketones is 1. The zero-order chi connectivity index (χ0) is 17.2. The summed E-state index contributed by atoms with van der Waals surface area (Å²) in [4.78, 5) is 24.1. The van der Waals surface area contributed by atoms with Crippen LogP contribution in [0.15, 0.2) is 42.5 Å². The second-order valence-corrected chi connectivity index (χ2v) is 6.96. The number of halogens is 1. The van der Waals surface area contributed by atoms with E-state index in [0.717, 1.165) is 5.56 Å². The highest BCUT2D eigenvalue weighted by atomic mass is 35.5. The minimum absolute atomic E-state index is 0.0268. The molecule has 2 rings (SSSR count). The van der Waals surface area contributed by atoms with Gasteiger partial charge in [0.2, 0.25) is 5.91 Å². The van der Waals surface area contributed by atoms with E-state index in [4.69, 9.17) is 11.6 Å². The van der Waals surface area contributed by atoms with Gasteiger partial charge in [-0.3, -0.25) is 9.59 Å². The summed E-state index contributed by atoms with van der Waals surface area (Å²) in [6.07, 6.45) is 0. The van der Waals surface area contributed by atoms with Gasteiger partial charge in [0.05, 0.1) is 5.69 Å². The van der Waals surface area contributed by atoms with Crippen LogP contribution in [-0.2, 0) is 10.2 Å². The zero-order valence-corrected chi connectivity index (χ0v) is 14.5. The molecule has 2 aromatic carbocycles. The first-order valence-corrected chi connectivity index (χ1v) is 7.78. The molecule has 3 nitrogen and oxygen atoms in total. The summed E-state index contributed by atoms with van der Waals surface area (Å²) in [5.74, 6) is -0.402. The molecule has 0 unspecified atom stereocenters. The SMILES string of the molecule is CC(=O)Nc1ccc(Cl)cc1C(=O)c1ccc(C(C)(C)C)cc1. The number of amides is 1. The Balaban J connectivity index is 2.40. The van der Waals surface area contributed by atoms with Gasteiger partial charge in [0.1, 0.15) is 0 Å². The van der Waals surface area contributed by atoms with Gasteiger partial charge in [-0.1, -0.05) is 56.6 Å². The third-order valence-electron chi connectivity index (χ3n) is 3.55. The highest BCUT2D eigenvalue weighted by molar-refractivity contribution is 6.31. The molecule has 0 atom stereocenters. The molecule has 0 fully saturated rings. The number of nitrogens with one attached hydrogen (secondary N) is 1. The molecule has 0 aromatic heterocycles. The zero-order valence-electron chi connectivity index (χ0n) is 13.7. The molecular formula is C19H20ClNO2. The van der Waals surface area contributed by atoms with Gasteiger partial charge in [-0.2, -0.15) is 0 Å². The lowest BCUT2D eigenvalue weighted by molar-refractivity contribution is -0.114. The highest BCUT2D eigenvalue weighted by Gasteiger charge is 2.17. The smallest absolute Gasteiger partial charge is 0.221 e.